The second kappa shape index (κ2) is 8.25. The fraction of sp³-hybridized carbons (Fsp3) is 0.476. The Kier molecular flexibility index (Phi) is 5.52. The Balaban J connectivity index is 1.38. The van der Waals surface area contributed by atoms with Gasteiger partial charge in [0, 0.05) is 5.56 Å². The van der Waals surface area contributed by atoms with Crippen LogP contribution in [0.2, 0.25) is 0 Å². The number of benzene rings is 1. The summed E-state index contributed by atoms with van der Waals surface area (Å²) < 4.78 is 15.6. The number of imide groups is 1. The SMILES string of the molecule is COc1cccc(-c2noc(COC(=O)[C@H](C)N3C(=O)C4CCCCC4C3=O)n2)c1. The number of ether oxygens (including phenoxy) is 2. The van der Waals surface area contributed by atoms with Crippen molar-refractivity contribution in [2.24, 2.45) is 11.8 Å². The van der Waals surface area contributed by atoms with Crippen LogP contribution in [-0.4, -0.2) is 46.0 Å². The summed E-state index contributed by atoms with van der Waals surface area (Å²) in [6.45, 7) is 1.26. The molecule has 3 atom stereocenters. The van der Waals surface area contributed by atoms with Crippen LogP contribution in [0.4, 0.5) is 0 Å². The normalized spacial score (nSPS) is 22.0. The van der Waals surface area contributed by atoms with Gasteiger partial charge in [0.05, 0.1) is 18.9 Å². The van der Waals surface area contributed by atoms with E-state index in [1.165, 1.54) is 6.92 Å². The third kappa shape index (κ3) is 3.67. The number of fused-ring (bicyclic) bond motifs is 1. The second-order valence-electron chi connectivity index (χ2n) is 7.57. The number of esters is 1. The molecule has 2 aromatic rings. The molecule has 1 aromatic heterocycles. The summed E-state index contributed by atoms with van der Waals surface area (Å²) in [6.07, 6.45) is 3.25. The van der Waals surface area contributed by atoms with E-state index in [1.807, 2.05) is 0 Å². The van der Waals surface area contributed by atoms with E-state index in [2.05, 4.69) is 10.1 Å². The lowest BCUT2D eigenvalue weighted by Gasteiger charge is -2.21. The summed E-state index contributed by atoms with van der Waals surface area (Å²) in [4.78, 5) is 43.0. The van der Waals surface area contributed by atoms with Crippen molar-refractivity contribution in [2.75, 3.05) is 7.11 Å². The van der Waals surface area contributed by atoms with E-state index >= 15 is 0 Å². The van der Waals surface area contributed by atoms with Crippen LogP contribution in [0.1, 0.15) is 38.5 Å². The van der Waals surface area contributed by atoms with E-state index in [1.54, 1.807) is 31.4 Å². The zero-order valence-electron chi connectivity index (χ0n) is 16.9. The highest BCUT2D eigenvalue weighted by Crippen LogP contribution is 2.39. The lowest BCUT2D eigenvalue weighted by molar-refractivity contribution is -0.159. The third-order valence-corrected chi connectivity index (χ3v) is 5.74. The van der Waals surface area contributed by atoms with Crippen LogP contribution < -0.4 is 4.74 Å². The summed E-state index contributed by atoms with van der Waals surface area (Å²) in [5, 5.41) is 3.88. The number of aromatic nitrogens is 2. The van der Waals surface area contributed by atoms with E-state index in [0.717, 1.165) is 17.7 Å². The Bertz CT molecular complexity index is 947. The highest BCUT2D eigenvalue weighted by molar-refractivity contribution is 6.07. The van der Waals surface area contributed by atoms with Crippen LogP contribution in [0.25, 0.3) is 11.4 Å². The quantitative estimate of drug-likeness (QED) is 0.524. The molecule has 2 amide bonds. The Morgan fingerprint density at radius 1 is 1.23 bits per heavy atom. The minimum absolute atomic E-state index is 0.112. The van der Waals surface area contributed by atoms with Gasteiger partial charge in [-0.25, -0.2) is 4.79 Å². The molecule has 4 rings (SSSR count). The summed E-state index contributed by atoms with van der Waals surface area (Å²) in [5.41, 5.74) is 0.694. The second-order valence-corrected chi connectivity index (χ2v) is 7.57. The van der Waals surface area contributed by atoms with Gasteiger partial charge >= 0.3 is 5.97 Å². The maximum Gasteiger partial charge on any atom is 0.329 e. The van der Waals surface area contributed by atoms with Gasteiger partial charge in [0.15, 0.2) is 6.61 Å². The molecule has 1 saturated heterocycles. The molecular weight excluding hydrogens is 390 g/mol. The summed E-state index contributed by atoms with van der Waals surface area (Å²) in [5.74, 6) is -0.732. The van der Waals surface area contributed by atoms with Gasteiger partial charge in [0.2, 0.25) is 17.6 Å². The number of hydrogen-bond acceptors (Lipinski definition) is 8. The highest BCUT2D eigenvalue weighted by atomic mass is 16.6. The Morgan fingerprint density at radius 2 is 1.93 bits per heavy atom. The molecule has 1 aliphatic heterocycles. The lowest BCUT2D eigenvalue weighted by Crippen LogP contribution is -2.44. The first-order valence-electron chi connectivity index (χ1n) is 10.00. The molecule has 2 aliphatic rings. The Labute approximate surface area is 173 Å². The maximum atomic E-state index is 12.6. The third-order valence-electron chi connectivity index (χ3n) is 5.74. The largest absolute Gasteiger partial charge is 0.497 e. The highest BCUT2D eigenvalue weighted by Gasteiger charge is 2.51. The Morgan fingerprint density at radius 3 is 2.60 bits per heavy atom. The first-order chi connectivity index (χ1) is 14.5. The number of likely N-dealkylation sites (tertiary alicyclic amines) is 1. The number of rotatable bonds is 6. The molecule has 2 unspecified atom stereocenters. The summed E-state index contributed by atoms with van der Waals surface area (Å²) in [6, 6.07) is 6.16. The van der Waals surface area contributed by atoms with Crippen molar-refractivity contribution in [1.29, 1.82) is 0 Å². The van der Waals surface area contributed by atoms with Crippen LogP contribution in [-0.2, 0) is 25.7 Å². The standard InChI is InChI=1S/C21H23N3O6/c1-12(24-19(25)15-8-3-4-9-16(15)20(24)26)21(27)29-11-17-22-18(23-30-17)13-6-5-7-14(10-13)28-2/h5-7,10,12,15-16H,3-4,8-9,11H2,1-2H3/t12-,15?,16?/m0/s1. The first kappa shape index (κ1) is 20.1. The predicted octanol–water partition coefficient (Wildman–Crippen LogP) is 2.35. The number of carbonyl (C=O) groups excluding carboxylic acids is 3. The van der Waals surface area contributed by atoms with Gasteiger partial charge in [-0.3, -0.25) is 14.5 Å². The molecule has 0 spiro atoms. The first-order valence-corrected chi connectivity index (χ1v) is 10.00. The number of methoxy groups -OCH3 is 1. The van der Waals surface area contributed by atoms with Gasteiger partial charge in [0.25, 0.3) is 5.89 Å². The van der Waals surface area contributed by atoms with E-state index < -0.39 is 12.0 Å². The van der Waals surface area contributed by atoms with Crippen LogP contribution in [0, 0.1) is 11.8 Å². The molecule has 30 heavy (non-hydrogen) atoms. The Hall–Kier alpha value is -3.23. The van der Waals surface area contributed by atoms with Gasteiger partial charge in [-0.2, -0.15) is 4.98 Å². The van der Waals surface area contributed by atoms with Crippen LogP contribution in [0.15, 0.2) is 28.8 Å². The van der Waals surface area contributed by atoms with Crippen molar-refractivity contribution in [3.63, 3.8) is 0 Å². The molecule has 0 radical (unpaired) electrons. The number of hydrogen-bond donors (Lipinski definition) is 0. The molecular formula is C21H23N3O6. The molecule has 2 fully saturated rings. The molecule has 158 valence electrons. The minimum Gasteiger partial charge on any atom is -0.497 e. The smallest absolute Gasteiger partial charge is 0.329 e. The van der Waals surface area contributed by atoms with Gasteiger partial charge in [-0.1, -0.05) is 30.1 Å². The summed E-state index contributed by atoms with van der Waals surface area (Å²) >= 11 is 0. The van der Waals surface area contributed by atoms with Gasteiger partial charge < -0.3 is 14.0 Å². The minimum atomic E-state index is -0.989. The number of amides is 2. The van der Waals surface area contributed by atoms with Gasteiger partial charge in [-0.15, -0.1) is 0 Å². The van der Waals surface area contributed by atoms with E-state index in [4.69, 9.17) is 14.0 Å². The van der Waals surface area contributed by atoms with Crippen LogP contribution in [0.3, 0.4) is 0 Å². The van der Waals surface area contributed by atoms with Gasteiger partial charge in [0.1, 0.15) is 11.8 Å². The average molecular weight is 413 g/mol. The topological polar surface area (TPSA) is 112 Å². The average Bonchev–Trinajstić information content (AvgIpc) is 3.35. The fourth-order valence-corrected chi connectivity index (χ4v) is 4.12. The molecule has 1 saturated carbocycles. The van der Waals surface area contributed by atoms with Crippen molar-refractivity contribution in [3.05, 3.63) is 30.2 Å². The maximum absolute atomic E-state index is 12.6. The van der Waals surface area contributed by atoms with Crippen LogP contribution in [0.5, 0.6) is 5.75 Å². The van der Waals surface area contributed by atoms with E-state index in [9.17, 15) is 14.4 Å². The van der Waals surface area contributed by atoms with Crippen LogP contribution >= 0.6 is 0 Å². The fourth-order valence-electron chi connectivity index (χ4n) is 4.12. The molecule has 0 bridgehead atoms. The van der Waals surface area contributed by atoms with E-state index in [0.29, 0.717) is 30.0 Å². The molecule has 0 N–H and O–H groups in total. The predicted molar refractivity (Wildman–Crippen MR) is 103 cm³/mol. The van der Waals surface area contributed by atoms with Crippen molar-refractivity contribution in [2.45, 2.75) is 45.3 Å². The number of carbonyl (C=O) groups is 3. The molecule has 9 heteroatoms. The zero-order chi connectivity index (χ0) is 21.3. The van der Waals surface area contributed by atoms with Crippen molar-refractivity contribution in [1.82, 2.24) is 15.0 Å². The van der Waals surface area contributed by atoms with Gasteiger partial charge in [-0.05, 0) is 31.9 Å². The van der Waals surface area contributed by atoms with E-state index in [-0.39, 0.29) is 36.1 Å². The monoisotopic (exact) mass is 413 g/mol. The summed E-state index contributed by atoms with van der Waals surface area (Å²) in [7, 11) is 1.56. The van der Waals surface area contributed by atoms with Crippen molar-refractivity contribution in [3.8, 4) is 17.1 Å². The zero-order valence-corrected chi connectivity index (χ0v) is 16.9. The molecule has 1 aromatic carbocycles. The lowest BCUT2D eigenvalue weighted by atomic mass is 9.81. The number of nitrogens with zero attached hydrogens (tertiary/aromatic N) is 3. The molecule has 1 aliphatic carbocycles. The molecule has 9 nitrogen and oxygen atoms in total. The van der Waals surface area contributed by atoms with Crippen molar-refractivity contribution >= 4 is 17.8 Å². The molecule has 2 heterocycles. The van der Waals surface area contributed by atoms with Crippen molar-refractivity contribution < 1.29 is 28.4 Å².